The van der Waals surface area contributed by atoms with Crippen molar-refractivity contribution in [3.63, 3.8) is 0 Å². The first-order valence-corrected chi connectivity index (χ1v) is 5.74. The van der Waals surface area contributed by atoms with Gasteiger partial charge < -0.3 is 4.74 Å². The van der Waals surface area contributed by atoms with Crippen LogP contribution in [0.2, 0.25) is 0 Å². The zero-order chi connectivity index (χ0) is 11.3. The van der Waals surface area contributed by atoms with Crippen molar-refractivity contribution in [2.75, 3.05) is 12.4 Å². The number of hydrogen-bond acceptors (Lipinski definition) is 2. The van der Waals surface area contributed by atoms with E-state index in [1.807, 2.05) is 0 Å². The Kier molecular flexibility index (Phi) is 4.75. The second-order valence-corrected chi connectivity index (χ2v) is 3.85. The van der Waals surface area contributed by atoms with Gasteiger partial charge in [0.15, 0.2) is 0 Å². The van der Waals surface area contributed by atoms with Crippen LogP contribution < -0.4 is 0 Å². The maximum absolute atomic E-state index is 13.4. The number of benzene rings is 1. The standard InChI is InChI=1S/C11H12BrFO2/c1-15-11(14)10-8(5-3-7-12)4-2-6-9(10)13/h2,4,6H,3,5,7H2,1H3. The van der Waals surface area contributed by atoms with Crippen LogP contribution in [0.1, 0.15) is 22.3 Å². The van der Waals surface area contributed by atoms with E-state index in [0.29, 0.717) is 12.0 Å². The molecule has 0 N–H and O–H groups in total. The minimum Gasteiger partial charge on any atom is -0.465 e. The number of esters is 1. The maximum Gasteiger partial charge on any atom is 0.341 e. The molecule has 4 heteroatoms. The van der Waals surface area contributed by atoms with E-state index in [1.165, 1.54) is 13.2 Å². The Morgan fingerprint density at radius 2 is 2.27 bits per heavy atom. The van der Waals surface area contributed by atoms with Crippen molar-refractivity contribution in [2.45, 2.75) is 12.8 Å². The van der Waals surface area contributed by atoms with E-state index in [2.05, 4.69) is 20.7 Å². The van der Waals surface area contributed by atoms with Crippen molar-refractivity contribution in [1.82, 2.24) is 0 Å². The maximum atomic E-state index is 13.4. The molecule has 0 bridgehead atoms. The molecule has 0 saturated carbocycles. The molecule has 0 aromatic heterocycles. The molecule has 0 aliphatic rings. The lowest BCUT2D eigenvalue weighted by Gasteiger charge is -2.07. The van der Waals surface area contributed by atoms with E-state index in [4.69, 9.17) is 0 Å². The number of ether oxygens (including phenoxy) is 1. The largest absolute Gasteiger partial charge is 0.465 e. The molecule has 2 nitrogen and oxygen atoms in total. The van der Waals surface area contributed by atoms with Gasteiger partial charge in [-0.15, -0.1) is 0 Å². The molecule has 0 radical (unpaired) electrons. The van der Waals surface area contributed by atoms with Gasteiger partial charge in [0.2, 0.25) is 0 Å². The summed E-state index contributed by atoms with van der Waals surface area (Å²) in [6, 6.07) is 4.62. The molecule has 0 heterocycles. The van der Waals surface area contributed by atoms with Crippen LogP contribution in [-0.4, -0.2) is 18.4 Å². The van der Waals surface area contributed by atoms with Crippen molar-refractivity contribution in [1.29, 1.82) is 0 Å². The SMILES string of the molecule is COC(=O)c1c(F)cccc1CCCBr. The summed E-state index contributed by atoms with van der Waals surface area (Å²) in [6.45, 7) is 0. The summed E-state index contributed by atoms with van der Waals surface area (Å²) in [5.74, 6) is -1.13. The Hall–Kier alpha value is -0.900. The zero-order valence-electron chi connectivity index (χ0n) is 8.43. The average molecular weight is 275 g/mol. The number of rotatable bonds is 4. The van der Waals surface area contributed by atoms with E-state index < -0.39 is 11.8 Å². The van der Waals surface area contributed by atoms with Crippen molar-refractivity contribution >= 4 is 21.9 Å². The van der Waals surface area contributed by atoms with E-state index in [0.717, 1.165) is 11.8 Å². The smallest absolute Gasteiger partial charge is 0.341 e. The summed E-state index contributed by atoms with van der Waals surface area (Å²) in [5, 5.41) is 0.824. The van der Waals surface area contributed by atoms with E-state index >= 15 is 0 Å². The number of carbonyl (C=O) groups excluding carboxylic acids is 1. The predicted molar refractivity (Wildman–Crippen MR) is 59.9 cm³/mol. The van der Waals surface area contributed by atoms with Crippen LogP contribution in [0.25, 0.3) is 0 Å². The van der Waals surface area contributed by atoms with Gasteiger partial charge in [-0.2, -0.15) is 0 Å². The molecule has 1 aromatic rings. The van der Waals surface area contributed by atoms with Gasteiger partial charge in [0.25, 0.3) is 0 Å². The highest BCUT2D eigenvalue weighted by atomic mass is 79.9. The molecule has 15 heavy (non-hydrogen) atoms. The monoisotopic (exact) mass is 274 g/mol. The number of halogens is 2. The first-order valence-electron chi connectivity index (χ1n) is 4.62. The van der Waals surface area contributed by atoms with Gasteiger partial charge in [-0.1, -0.05) is 28.1 Å². The van der Waals surface area contributed by atoms with E-state index in [9.17, 15) is 9.18 Å². The molecular weight excluding hydrogens is 263 g/mol. The molecule has 0 amide bonds. The van der Waals surface area contributed by atoms with Crippen LogP contribution in [0.3, 0.4) is 0 Å². The summed E-state index contributed by atoms with van der Waals surface area (Å²) in [7, 11) is 1.25. The molecular formula is C11H12BrFO2. The van der Waals surface area contributed by atoms with Gasteiger partial charge in [0, 0.05) is 5.33 Å². The summed E-state index contributed by atoms with van der Waals surface area (Å²) in [5.41, 5.74) is 0.752. The normalized spacial score (nSPS) is 10.1. The van der Waals surface area contributed by atoms with Crippen molar-refractivity contribution < 1.29 is 13.9 Å². The van der Waals surface area contributed by atoms with E-state index in [1.54, 1.807) is 12.1 Å². The predicted octanol–water partition coefficient (Wildman–Crippen LogP) is 2.94. The highest BCUT2D eigenvalue weighted by molar-refractivity contribution is 9.09. The lowest BCUT2D eigenvalue weighted by atomic mass is 10.0. The molecule has 82 valence electrons. The Bertz CT molecular complexity index is 352. The topological polar surface area (TPSA) is 26.3 Å². The first kappa shape index (κ1) is 12.2. The molecule has 0 saturated heterocycles. The Balaban J connectivity index is 3.03. The van der Waals surface area contributed by atoms with Crippen LogP contribution in [0.5, 0.6) is 0 Å². The average Bonchev–Trinajstić information content (AvgIpc) is 2.25. The quantitative estimate of drug-likeness (QED) is 0.623. The minimum atomic E-state index is -0.613. The van der Waals surface area contributed by atoms with E-state index in [-0.39, 0.29) is 5.56 Å². The van der Waals surface area contributed by atoms with Crippen LogP contribution in [0, 0.1) is 5.82 Å². The lowest BCUT2D eigenvalue weighted by molar-refractivity contribution is 0.0594. The highest BCUT2D eigenvalue weighted by Gasteiger charge is 2.16. The molecule has 0 spiro atoms. The van der Waals surface area contributed by atoms with Crippen LogP contribution in [0.15, 0.2) is 18.2 Å². The van der Waals surface area contributed by atoms with Crippen LogP contribution in [-0.2, 0) is 11.2 Å². The van der Waals surface area contributed by atoms with Crippen LogP contribution >= 0.6 is 15.9 Å². The van der Waals surface area contributed by atoms with Gasteiger partial charge in [-0.05, 0) is 24.5 Å². The first-order chi connectivity index (χ1) is 7.20. The number of methoxy groups -OCH3 is 1. The Morgan fingerprint density at radius 1 is 1.53 bits per heavy atom. The minimum absolute atomic E-state index is 0.0564. The van der Waals surface area contributed by atoms with Gasteiger partial charge in [-0.25, -0.2) is 9.18 Å². The summed E-state index contributed by atoms with van der Waals surface area (Å²) >= 11 is 3.29. The fourth-order valence-corrected chi connectivity index (χ4v) is 1.65. The van der Waals surface area contributed by atoms with Gasteiger partial charge in [0.05, 0.1) is 12.7 Å². The lowest BCUT2D eigenvalue weighted by Crippen LogP contribution is -2.09. The van der Waals surface area contributed by atoms with Crippen LogP contribution in [0.4, 0.5) is 4.39 Å². The zero-order valence-corrected chi connectivity index (χ0v) is 10.0. The molecule has 0 unspecified atom stereocenters. The fourth-order valence-electron chi connectivity index (χ4n) is 1.37. The Labute approximate surface area is 96.6 Å². The highest BCUT2D eigenvalue weighted by Crippen LogP contribution is 2.16. The van der Waals surface area contributed by atoms with Gasteiger partial charge in [-0.3, -0.25) is 0 Å². The second-order valence-electron chi connectivity index (χ2n) is 3.06. The summed E-state index contributed by atoms with van der Waals surface area (Å²) in [6.07, 6.45) is 1.51. The number of carbonyl (C=O) groups is 1. The third kappa shape index (κ3) is 3.02. The second kappa shape index (κ2) is 5.85. The Morgan fingerprint density at radius 3 is 2.87 bits per heavy atom. The number of hydrogen-bond donors (Lipinski definition) is 0. The van der Waals surface area contributed by atoms with Gasteiger partial charge in [0.1, 0.15) is 5.82 Å². The van der Waals surface area contributed by atoms with Gasteiger partial charge >= 0.3 is 5.97 Å². The summed E-state index contributed by atoms with van der Waals surface area (Å²) in [4.78, 5) is 11.3. The number of alkyl halides is 1. The van der Waals surface area contributed by atoms with Crippen molar-refractivity contribution in [2.24, 2.45) is 0 Å². The molecule has 0 fully saturated rings. The molecule has 0 aliphatic heterocycles. The third-order valence-electron chi connectivity index (χ3n) is 2.07. The molecule has 0 atom stereocenters. The third-order valence-corrected chi connectivity index (χ3v) is 2.63. The molecule has 0 aliphatic carbocycles. The number of aryl methyl sites for hydroxylation is 1. The van der Waals surface area contributed by atoms with Crippen molar-refractivity contribution in [3.8, 4) is 0 Å². The fraction of sp³-hybridized carbons (Fsp3) is 0.364. The molecule has 1 aromatic carbocycles. The van der Waals surface area contributed by atoms with Crippen molar-refractivity contribution in [3.05, 3.63) is 35.1 Å². The molecule has 1 rings (SSSR count). The summed E-state index contributed by atoms with van der Waals surface area (Å²) < 4.78 is 17.9.